The Morgan fingerprint density at radius 1 is 1.05 bits per heavy atom. The fourth-order valence-electron chi connectivity index (χ4n) is 2.25. The first kappa shape index (κ1) is 14.3. The highest BCUT2D eigenvalue weighted by atomic mass is 16.5. The molecule has 0 aliphatic carbocycles. The lowest BCUT2D eigenvalue weighted by Gasteiger charge is -2.08. The van der Waals surface area contributed by atoms with E-state index < -0.39 is 0 Å². The van der Waals surface area contributed by atoms with Gasteiger partial charge in [0.2, 0.25) is 0 Å². The van der Waals surface area contributed by atoms with E-state index in [0.29, 0.717) is 22.8 Å². The highest BCUT2D eigenvalue weighted by molar-refractivity contribution is 6.10. The Balaban J connectivity index is 2.25. The molecular formula is C18H20O2. The maximum absolute atomic E-state index is 12.5. The Labute approximate surface area is 120 Å². The molecule has 20 heavy (non-hydrogen) atoms. The highest BCUT2D eigenvalue weighted by Crippen LogP contribution is 2.21. The van der Waals surface area contributed by atoms with Crippen LogP contribution in [0.5, 0.6) is 5.75 Å². The Bertz CT molecular complexity index is 583. The maximum Gasteiger partial charge on any atom is 0.196 e. The molecule has 2 nitrogen and oxygen atoms in total. The monoisotopic (exact) mass is 268 g/mol. The van der Waals surface area contributed by atoms with Crippen LogP contribution in [-0.2, 0) is 6.42 Å². The molecule has 0 amide bonds. The van der Waals surface area contributed by atoms with Crippen LogP contribution in [0.2, 0.25) is 0 Å². The van der Waals surface area contributed by atoms with E-state index in [1.54, 1.807) is 19.2 Å². The first-order valence-electron chi connectivity index (χ1n) is 6.88. The van der Waals surface area contributed by atoms with Gasteiger partial charge in [0.1, 0.15) is 5.75 Å². The number of para-hydroxylation sites is 1. The quantitative estimate of drug-likeness (QED) is 0.762. The van der Waals surface area contributed by atoms with Gasteiger partial charge in [0.25, 0.3) is 0 Å². The van der Waals surface area contributed by atoms with Crippen LogP contribution in [0.3, 0.4) is 0 Å². The number of hydrogen-bond donors (Lipinski definition) is 0. The molecule has 2 rings (SSSR count). The number of ether oxygens (including phenoxy) is 1. The summed E-state index contributed by atoms with van der Waals surface area (Å²) in [5, 5.41) is 0. The number of carbonyl (C=O) groups excluding carboxylic acids is 1. The third kappa shape index (κ3) is 3.27. The van der Waals surface area contributed by atoms with Crippen molar-refractivity contribution in [3.8, 4) is 5.75 Å². The van der Waals surface area contributed by atoms with E-state index in [-0.39, 0.29) is 5.78 Å². The van der Waals surface area contributed by atoms with Gasteiger partial charge in [-0.1, -0.05) is 50.2 Å². The molecule has 0 saturated heterocycles. The predicted molar refractivity (Wildman–Crippen MR) is 81.4 cm³/mol. The first-order valence-corrected chi connectivity index (χ1v) is 6.88. The standard InChI is InChI=1S/C18H20O2/c1-13(2)12-14-8-10-15(11-9-14)18(19)16-6-4-5-7-17(16)20-3/h4-11,13H,12H2,1-3H3. The second-order valence-corrected chi connectivity index (χ2v) is 5.32. The average Bonchev–Trinajstić information content (AvgIpc) is 2.46. The third-order valence-corrected chi connectivity index (χ3v) is 3.21. The van der Waals surface area contributed by atoms with Crippen molar-refractivity contribution in [2.75, 3.05) is 7.11 Å². The number of ketones is 1. The molecule has 104 valence electrons. The van der Waals surface area contributed by atoms with Crippen molar-refractivity contribution in [2.45, 2.75) is 20.3 Å². The Morgan fingerprint density at radius 3 is 2.30 bits per heavy atom. The predicted octanol–water partition coefficient (Wildman–Crippen LogP) is 4.12. The second-order valence-electron chi connectivity index (χ2n) is 5.32. The summed E-state index contributed by atoms with van der Waals surface area (Å²) in [6.45, 7) is 4.38. The molecule has 0 radical (unpaired) electrons. The maximum atomic E-state index is 12.5. The molecule has 0 aliphatic heterocycles. The number of rotatable bonds is 5. The van der Waals surface area contributed by atoms with E-state index in [1.165, 1.54) is 5.56 Å². The first-order chi connectivity index (χ1) is 9.61. The van der Waals surface area contributed by atoms with E-state index in [4.69, 9.17) is 4.74 Å². The molecule has 0 atom stereocenters. The van der Waals surface area contributed by atoms with Crippen LogP contribution >= 0.6 is 0 Å². The summed E-state index contributed by atoms with van der Waals surface area (Å²) in [7, 11) is 1.58. The van der Waals surface area contributed by atoms with Crippen LogP contribution in [0.15, 0.2) is 48.5 Å². The van der Waals surface area contributed by atoms with Crippen LogP contribution in [0, 0.1) is 5.92 Å². The molecule has 2 aromatic carbocycles. The van der Waals surface area contributed by atoms with Gasteiger partial charge < -0.3 is 4.74 Å². The van der Waals surface area contributed by atoms with Crippen LogP contribution in [0.4, 0.5) is 0 Å². The fourth-order valence-corrected chi connectivity index (χ4v) is 2.25. The van der Waals surface area contributed by atoms with Crippen molar-refractivity contribution >= 4 is 5.78 Å². The lowest BCUT2D eigenvalue weighted by atomic mass is 9.98. The van der Waals surface area contributed by atoms with Gasteiger partial charge in [-0.25, -0.2) is 0 Å². The average molecular weight is 268 g/mol. The summed E-state index contributed by atoms with van der Waals surface area (Å²) in [4.78, 5) is 12.5. The van der Waals surface area contributed by atoms with Crippen LogP contribution < -0.4 is 4.74 Å². The van der Waals surface area contributed by atoms with Gasteiger partial charge in [-0.15, -0.1) is 0 Å². The molecule has 0 N–H and O–H groups in total. The van der Waals surface area contributed by atoms with E-state index in [9.17, 15) is 4.79 Å². The minimum atomic E-state index is -0.00135. The summed E-state index contributed by atoms with van der Waals surface area (Å²) in [6.07, 6.45) is 1.03. The summed E-state index contributed by atoms with van der Waals surface area (Å²) >= 11 is 0. The number of hydrogen-bond acceptors (Lipinski definition) is 2. The zero-order valence-electron chi connectivity index (χ0n) is 12.2. The number of carbonyl (C=O) groups is 1. The van der Waals surface area contributed by atoms with E-state index in [0.717, 1.165) is 6.42 Å². The Hall–Kier alpha value is -2.09. The SMILES string of the molecule is COc1ccccc1C(=O)c1ccc(CC(C)C)cc1. The molecule has 0 unspecified atom stereocenters. The summed E-state index contributed by atoms with van der Waals surface area (Å²) in [5.41, 5.74) is 2.56. The lowest BCUT2D eigenvalue weighted by Crippen LogP contribution is -2.04. The zero-order valence-corrected chi connectivity index (χ0v) is 12.2. The minimum Gasteiger partial charge on any atom is -0.496 e. The topological polar surface area (TPSA) is 26.3 Å². The van der Waals surface area contributed by atoms with Crippen molar-refractivity contribution in [3.63, 3.8) is 0 Å². The highest BCUT2D eigenvalue weighted by Gasteiger charge is 2.13. The van der Waals surface area contributed by atoms with Crippen LogP contribution in [0.1, 0.15) is 35.3 Å². The molecule has 0 aromatic heterocycles. The van der Waals surface area contributed by atoms with Gasteiger partial charge in [0.05, 0.1) is 12.7 Å². The number of benzene rings is 2. The largest absolute Gasteiger partial charge is 0.496 e. The van der Waals surface area contributed by atoms with E-state index in [2.05, 4.69) is 13.8 Å². The third-order valence-electron chi connectivity index (χ3n) is 3.21. The smallest absolute Gasteiger partial charge is 0.196 e. The van der Waals surface area contributed by atoms with Crippen LogP contribution in [0.25, 0.3) is 0 Å². The van der Waals surface area contributed by atoms with Gasteiger partial charge in [-0.2, -0.15) is 0 Å². The van der Waals surface area contributed by atoms with Crippen molar-refractivity contribution in [1.82, 2.24) is 0 Å². The molecule has 0 aliphatic rings. The molecule has 0 heterocycles. The van der Waals surface area contributed by atoms with Crippen molar-refractivity contribution in [2.24, 2.45) is 5.92 Å². The molecule has 0 fully saturated rings. The molecule has 0 saturated carbocycles. The van der Waals surface area contributed by atoms with Crippen molar-refractivity contribution in [1.29, 1.82) is 0 Å². The zero-order chi connectivity index (χ0) is 14.5. The lowest BCUT2D eigenvalue weighted by molar-refractivity contribution is 0.103. The van der Waals surface area contributed by atoms with Crippen LogP contribution in [-0.4, -0.2) is 12.9 Å². The van der Waals surface area contributed by atoms with Crippen molar-refractivity contribution < 1.29 is 9.53 Å². The normalized spacial score (nSPS) is 10.6. The summed E-state index contributed by atoms with van der Waals surface area (Å²) in [6, 6.07) is 15.2. The summed E-state index contributed by atoms with van der Waals surface area (Å²) < 4.78 is 5.24. The molecule has 0 spiro atoms. The Kier molecular flexibility index (Phi) is 4.57. The molecule has 2 heteroatoms. The van der Waals surface area contributed by atoms with E-state index >= 15 is 0 Å². The van der Waals surface area contributed by atoms with Gasteiger partial charge in [0.15, 0.2) is 5.78 Å². The van der Waals surface area contributed by atoms with Crippen molar-refractivity contribution in [3.05, 3.63) is 65.2 Å². The van der Waals surface area contributed by atoms with E-state index in [1.807, 2.05) is 36.4 Å². The van der Waals surface area contributed by atoms with Gasteiger partial charge >= 0.3 is 0 Å². The summed E-state index contributed by atoms with van der Waals surface area (Å²) in [5.74, 6) is 1.23. The molecule has 2 aromatic rings. The van der Waals surface area contributed by atoms with Gasteiger partial charge in [-0.05, 0) is 30.0 Å². The molecule has 0 bridgehead atoms. The fraction of sp³-hybridized carbons (Fsp3) is 0.278. The van der Waals surface area contributed by atoms with Gasteiger partial charge in [-0.3, -0.25) is 4.79 Å². The molecular weight excluding hydrogens is 248 g/mol. The minimum absolute atomic E-state index is 0.00135. The second kappa shape index (κ2) is 6.38. The Morgan fingerprint density at radius 2 is 1.70 bits per heavy atom. The number of methoxy groups -OCH3 is 1. The van der Waals surface area contributed by atoms with Gasteiger partial charge in [0, 0.05) is 5.56 Å².